The number of hydrogen-bond acceptors (Lipinski definition) is 9. The first kappa shape index (κ1) is 24.0. The Morgan fingerprint density at radius 1 is 1.24 bits per heavy atom. The van der Waals surface area contributed by atoms with Crippen LogP contribution in [0.1, 0.15) is 26.2 Å². The SMILES string of the molecule is CCN1CCCC1CN(C)c1nc(NC2=CC=CCC2=S)nc(Nc2ccc(OC)c(F)c2)n1. The second-order valence-corrected chi connectivity index (χ2v) is 8.82. The minimum Gasteiger partial charge on any atom is -0.494 e. The first-order valence-electron chi connectivity index (χ1n) is 11.5. The minimum atomic E-state index is -0.470. The summed E-state index contributed by atoms with van der Waals surface area (Å²) in [6.07, 6.45) is 8.90. The standard InChI is InChI=1S/C24H30FN7OS/c1-4-32-13-7-8-17(32)15-31(2)24-29-22(26-16-11-12-20(33-3)18(25)14-16)28-23(30-24)27-19-9-5-6-10-21(19)34/h5-6,9,11-12,14,17H,4,7-8,10,13,15H2,1-3H3,(H2,26,27,28,29,30). The highest BCUT2D eigenvalue weighted by Gasteiger charge is 2.25. The van der Waals surface area contributed by atoms with Crippen molar-refractivity contribution in [2.24, 2.45) is 0 Å². The van der Waals surface area contributed by atoms with Crippen LogP contribution >= 0.6 is 12.2 Å². The highest BCUT2D eigenvalue weighted by Crippen LogP contribution is 2.25. The van der Waals surface area contributed by atoms with Gasteiger partial charge in [0.25, 0.3) is 0 Å². The van der Waals surface area contributed by atoms with Crippen LogP contribution in [-0.2, 0) is 0 Å². The van der Waals surface area contributed by atoms with E-state index in [1.165, 1.54) is 19.6 Å². The molecule has 1 aliphatic heterocycles. The molecule has 2 N–H and O–H groups in total. The van der Waals surface area contributed by atoms with Crippen LogP contribution in [0, 0.1) is 5.82 Å². The highest BCUT2D eigenvalue weighted by molar-refractivity contribution is 7.80. The first-order chi connectivity index (χ1) is 16.5. The fourth-order valence-corrected chi connectivity index (χ4v) is 4.43. The van der Waals surface area contributed by atoms with Crippen molar-refractivity contribution in [2.75, 3.05) is 49.3 Å². The Balaban J connectivity index is 1.61. The van der Waals surface area contributed by atoms with Crippen LogP contribution in [0.2, 0.25) is 0 Å². The summed E-state index contributed by atoms with van der Waals surface area (Å²) in [6.45, 7) is 5.14. The Morgan fingerprint density at radius 2 is 2.03 bits per heavy atom. The molecule has 2 aliphatic rings. The zero-order valence-corrected chi connectivity index (χ0v) is 20.5. The van der Waals surface area contributed by atoms with Crippen molar-refractivity contribution in [2.45, 2.75) is 32.2 Å². The van der Waals surface area contributed by atoms with E-state index >= 15 is 0 Å². The van der Waals surface area contributed by atoms with E-state index in [4.69, 9.17) is 17.0 Å². The van der Waals surface area contributed by atoms with Crippen molar-refractivity contribution in [1.29, 1.82) is 0 Å². The normalized spacial score (nSPS) is 18.1. The Labute approximate surface area is 204 Å². The number of halogens is 1. The lowest BCUT2D eigenvalue weighted by Crippen LogP contribution is -2.39. The molecule has 0 amide bonds. The molecule has 0 radical (unpaired) electrons. The fourth-order valence-electron chi connectivity index (χ4n) is 4.21. The third-order valence-electron chi connectivity index (χ3n) is 6.01. The topological polar surface area (TPSA) is 78.4 Å². The molecule has 34 heavy (non-hydrogen) atoms. The monoisotopic (exact) mass is 483 g/mol. The predicted molar refractivity (Wildman–Crippen MR) is 138 cm³/mol. The van der Waals surface area contributed by atoms with Crippen LogP contribution in [0.25, 0.3) is 0 Å². The first-order valence-corrected chi connectivity index (χ1v) is 11.9. The van der Waals surface area contributed by atoms with Crippen molar-refractivity contribution in [3.05, 3.63) is 47.9 Å². The van der Waals surface area contributed by atoms with Gasteiger partial charge in [-0.15, -0.1) is 0 Å². The molecule has 1 aromatic carbocycles. The lowest BCUT2D eigenvalue weighted by atomic mass is 10.1. The number of allylic oxidation sites excluding steroid dienone is 4. The third kappa shape index (κ3) is 5.68. The number of nitrogens with one attached hydrogen (secondary N) is 2. The van der Waals surface area contributed by atoms with Crippen molar-refractivity contribution in [3.63, 3.8) is 0 Å². The molecule has 0 saturated carbocycles. The van der Waals surface area contributed by atoms with Crippen LogP contribution < -0.4 is 20.3 Å². The number of likely N-dealkylation sites (N-methyl/N-ethyl adjacent to an activating group) is 2. The third-order valence-corrected chi connectivity index (χ3v) is 6.40. The van der Waals surface area contributed by atoms with Crippen LogP contribution in [0.3, 0.4) is 0 Å². The number of anilines is 4. The van der Waals surface area contributed by atoms with Gasteiger partial charge in [-0.3, -0.25) is 4.90 Å². The van der Waals surface area contributed by atoms with Crippen molar-refractivity contribution in [1.82, 2.24) is 19.9 Å². The van der Waals surface area contributed by atoms with Gasteiger partial charge in [-0.2, -0.15) is 15.0 Å². The number of benzene rings is 1. The number of methoxy groups -OCH3 is 1. The molecule has 1 atom stereocenters. The highest BCUT2D eigenvalue weighted by atomic mass is 32.1. The van der Waals surface area contributed by atoms with E-state index in [2.05, 4.69) is 37.4 Å². The van der Waals surface area contributed by atoms with Gasteiger partial charge in [0, 0.05) is 42.7 Å². The molecule has 0 bridgehead atoms. The smallest absolute Gasteiger partial charge is 0.233 e. The van der Waals surface area contributed by atoms with Crippen LogP contribution in [-0.4, -0.2) is 64.5 Å². The zero-order chi connectivity index (χ0) is 24.1. The van der Waals surface area contributed by atoms with Crippen LogP contribution in [0.5, 0.6) is 5.75 Å². The summed E-state index contributed by atoms with van der Waals surface area (Å²) >= 11 is 5.47. The summed E-state index contributed by atoms with van der Waals surface area (Å²) in [4.78, 5) is 19.1. The molecule has 1 aromatic heterocycles. The Kier molecular flexibility index (Phi) is 7.69. The number of aromatic nitrogens is 3. The molecular weight excluding hydrogens is 453 g/mol. The Morgan fingerprint density at radius 3 is 2.74 bits per heavy atom. The van der Waals surface area contributed by atoms with Crippen molar-refractivity contribution in [3.8, 4) is 5.75 Å². The van der Waals surface area contributed by atoms with E-state index in [0.29, 0.717) is 36.0 Å². The van der Waals surface area contributed by atoms with Crippen molar-refractivity contribution < 1.29 is 9.13 Å². The zero-order valence-electron chi connectivity index (χ0n) is 19.7. The molecule has 1 unspecified atom stereocenters. The van der Waals surface area contributed by atoms with Gasteiger partial charge in [0.15, 0.2) is 11.6 Å². The average Bonchev–Trinajstić information content (AvgIpc) is 3.27. The molecule has 0 spiro atoms. The lowest BCUT2D eigenvalue weighted by Gasteiger charge is -2.28. The van der Waals surface area contributed by atoms with Gasteiger partial charge in [0.2, 0.25) is 17.8 Å². The summed E-state index contributed by atoms with van der Waals surface area (Å²) in [6, 6.07) is 5.07. The Bertz CT molecular complexity index is 1110. The van der Waals surface area contributed by atoms with E-state index in [9.17, 15) is 4.39 Å². The van der Waals surface area contributed by atoms with Crippen molar-refractivity contribution >= 4 is 40.6 Å². The van der Waals surface area contributed by atoms with E-state index in [1.54, 1.807) is 12.1 Å². The molecule has 10 heteroatoms. The number of hydrogen-bond donors (Lipinski definition) is 2. The number of thiocarbonyl (C=S) groups is 1. The molecule has 8 nitrogen and oxygen atoms in total. The van der Waals surface area contributed by atoms with E-state index < -0.39 is 5.82 Å². The average molecular weight is 484 g/mol. The lowest BCUT2D eigenvalue weighted by molar-refractivity contribution is 0.270. The summed E-state index contributed by atoms with van der Waals surface area (Å²) in [5.74, 6) is 0.904. The van der Waals surface area contributed by atoms with E-state index in [0.717, 1.165) is 36.6 Å². The second-order valence-electron chi connectivity index (χ2n) is 8.32. The number of nitrogens with zero attached hydrogens (tertiary/aromatic N) is 5. The van der Waals surface area contributed by atoms with Crippen LogP contribution in [0.4, 0.5) is 27.9 Å². The molecule has 4 rings (SSSR count). The summed E-state index contributed by atoms with van der Waals surface area (Å²) in [7, 11) is 3.41. The summed E-state index contributed by atoms with van der Waals surface area (Å²) in [5, 5.41) is 6.32. The summed E-state index contributed by atoms with van der Waals surface area (Å²) < 4.78 is 19.2. The molecule has 2 aromatic rings. The van der Waals surface area contributed by atoms with Gasteiger partial charge in [0.05, 0.1) is 12.8 Å². The van der Waals surface area contributed by atoms with E-state index in [1.807, 2.05) is 30.2 Å². The van der Waals surface area contributed by atoms with Gasteiger partial charge in [-0.25, -0.2) is 4.39 Å². The van der Waals surface area contributed by atoms with Gasteiger partial charge in [-0.05, 0) is 44.1 Å². The largest absolute Gasteiger partial charge is 0.494 e. The Hall–Kier alpha value is -3.11. The maximum atomic E-state index is 14.2. The molecule has 1 saturated heterocycles. The van der Waals surface area contributed by atoms with Gasteiger partial charge in [0.1, 0.15) is 0 Å². The molecule has 180 valence electrons. The molecular formula is C24H30FN7OS. The maximum absolute atomic E-state index is 14.2. The summed E-state index contributed by atoms with van der Waals surface area (Å²) in [5.41, 5.74) is 1.29. The number of ether oxygens (including phenoxy) is 1. The molecule has 2 heterocycles. The van der Waals surface area contributed by atoms with Gasteiger partial charge < -0.3 is 20.3 Å². The van der Waals surface area contributed by atoms with E-state index in [-0.39, 0.29) is 5.75 Å². The fraction of sp³-hybridized carbons (Fsp3) is 0.417. The van der Waals surface area contributed by atoms with Gasteiger partial charge >= 0.3 is 0 Å². The maximum Gasteiger partial charge on any atom is 0.233 e. The predicted octanol–water partition coefficient (Wildman–Crippen LogP) is 4.31. The number of likely N-dealkylation sites (tertiary alicyclic amines) is 1. The molecule has 1 aliphatic carbocycles. The minimum absolute atomic E-state index is 0.173. The quantitative estimate of drug-likeness (QED) is 0.507. The van der Waals surface area contributed by atoms with Crippen LogP contribution in [0.15, 0.2) is 42.1 Å². The van der Waals surface area contributed by atoms with Gasteiger partial charge in [-0.1, -0.05) is 31.3 Å². The number of rotatable bonds is 9. The second kappa shape index (κ2) is 10.9. The molecule has 1 fully saturated rings.